The predicted molar refractivity (Wildman–Crippen MR) is 64.5 cm³/mol. The van der Waals surface area contributed by atoms with Crippen LogP contribution in [-0.2, 0) is 17.5 Å². The average molecular weight is 289 g/mol. The van der Waals surface area contributed by atoms with Gasteiger partial charge in [-0.2, -0.15) is 13.2 Å². The molecule has 1 aliphatic heterocycles. The van der Waals surface area contributed by atoms with E-state index in [0.717, 1.165) is 6.07 Å². The van der Waals surface area contributed by atoms with Crippen molar-refractivity contribution in [3.05, 3.63) is 34.9 Å². The van der Waals surface area contributed by atoms with E-state index in [1.165, 1.54) is 6.07 Å². The first-order valence-corrected chi connectivity index (χ1v) is 6.11. The summed E-state index contributed by atoms with van der Waals surface area (Å²) in [6, 6.07) is 2.85. The third kappa shape index (κ3) is 3.49. The van der Waals surface area contributed by atoms with E-state index >= 15 is 0 Å². The summed E-state index contributed by atoms with van der Waals surface area (Å²) in [6.45, 7) is 2.68. The molecule has 0 atom stereocenters. The molecule has 110 valence electrons. The average Bonchev–Trinajstić information content (AvgIpc) is 2.38. The fourth-order valence-corrected chi connectivity index (χ4v) is 2.09. The molecule has 1 aromatic rings. The Morgan fingerprint density at radius 3 is 2.50 bits per heavy atom. The van der Waals surface area contributed by atoms with E-state index in [2.05, 4.69) is 0 Å². The lowest BCUT2D eigenvalue weighted by atomic mass is 10.0. The largest absolute Gasteiger partial charge is 0.478 e. The SMILES string of the molecule is O=C(O)c1cc(C(F)(F)F)ccc1CN1CCOCC1. The van der Waals surface area contributed by atoms with Gasteiger partial charge in [-0.25, -0.2) is 4.79 Å². The number of carboxylic acids is 1. The summed E-state index contributed by atoms with van der Waals surface area (Å²) >= 11 is 0. The smallest absolute Gasteiger partial charge is 0.416 e. The van der Waals surface area contributed by atoms with Crippen molar-refractivity contribution < 1.29 is 27.8 Å². The van der Waals surface area contributed by atoms with Gasteiger partial charge in [0.25, 0.3) is 0 Å². The first-order chi connectivity index (χ1) is 9.38. The zero-order valence-corrected chi connectivity index (χ0v) is 10.6. The summed E-state index contributed by atoms with van der Waals surface area (Å²) in [5, 5.41) is 9.07. The van der Waals surface area contributed by atoms with Crippen molar-refractivity contribution in [1.82, 2.24) is 4.90 Å². The van der Waals surface area contributed by atoms with Crippen LogP contribution in [0.3, 0.4) is 0 Å². The summed E-state index contributed by atoms with van der Waals surface area (Å²) in [5.41, 5.74) is -0.862. The molecule has 0 spiro atoms. The molecule has 0 aromatic heterocycles. The van der Waals surface area contributed by atoms with Gasteiger partial charge in [0.15, 0.2) is 0 Å². The number of aromatic carboxylic acids is 1. The molecule has 1 saturated heterocycles. The van der Waals surface area contributed by atoms with Crippen molar-refractivity contribution >= 4 is 5.97 Å². The van der Waals surface area contributed by atoms with Crippen LogP contribution in [0.4, 0.5) is 13.2 Å². The van der Waals surface area contributed by atoms with Gasteiger partial charge in [0, 0.05) is 19.6 Å². The number of ether oxygens (including phenoxy) is 1. The van der Waals surface area contributed by atoms with Gasteiger partial charge in [-0.3, -0.25) is 4.90 Å². The molecule has 1 N–H and O–H groups in total. The van der Waals surface area contributed by atoms with E-state index in [4.69, 9.17) is 9.84 Å². The van der Waals surface area contributed by atoms with Crippen LogP contribution in [0, 0.1) is 0 Å². The Kier molecular flexibility index (Phi) is 4.29. The van der Waals surface area contributed by atoms with Crippen molar-refractivity contribution in [2.75, 3.05) is 26.3 Å². The standard InChI is InChI=1S/C13H14F3NO3/c14-13(15,16)10-2-1-9(11(7-10)12(18)19)8-17-3-5-20-6-4-17/h1-2,7H,3-6,8H2,(H,18,19). The molecule has 7 heteroatoms. The molecule has 20 heavy (non-hydrogen) atoms. The number of hydrogen-bond acceptors (Lipinski definition) is 3. The molecule has 1 fully saturated rings. The van der Waals surface area contributed by atoms with E-state index in [-0.39, 0.29) is 5.56 Å². The number of carbonyl (C=O) groups is 1. The molecule has 1 aliphatic rings. The molecular weight excluding hydrogens is 275 g/mol. The van der Waals surface area contributed by atoms with Crippen LogP contribution >= 0.6 is 0 Å². The lowest BCUT2D eigenvalue weighted by Crippen LogP contribution is -2.36. The number of nitrogens with zero attached hydrogens (tertiary/aromatic N) is 1. The summed E-state index contributed by atoms with van der Waals surface area (Å²) in [6.07, 6.45) is -4.54. The van der Waals surface area contributed by atoms with Crippen LogP contribution in [0.15, 0.2) is 18.2 Å². The lowest BCUT2D eigenvalue weighted by Gasteiger charge is -2.27. The van der Waals surface area contributed by atoms with Crippen LogP contribution in [-0.4, -0.2) is 42.3 Å². The summed E-state index contributed by atoms with van der Waals surface area (Å²) < 4.78 is 43.0. The van der Waals surface area contributed by atoms with Gasteiger partial charge in [-0.05, 0) is 17.7 Å². The number of morpholine rings is 1. The maximum absolute atomic E-state index is 12.6. The minimum Gasteiger partial charge on any atom is -0.478 e. The molecule has 0 amide bonds. The van der Waals surface area contributed by atoms with Crippen molar-refractivity contribution in [2.24, 2.45) is 0 Å². The Morgan fingerprint density at radius 2 is 1.95 bits per heavy atom. The highest BCUT2D eigenvalue weighted by Crippen LogP contribution is 2.31. The molecule has 0 aliphatic carbocycles. The second kappa shape index (κ2) is 5.80. The van der Waals surface area contributed by atoms with Crippen molar-refractivity contribution in [3.63, 3.8) is 0 Å². The third-order valence-electron chi connectivity index (χ3n) is 3.17. The van der Waals surface area contributed by atoms with Gasteiger partial charge in [0.2, 0.25) is 0 Å². The normalized spacial score (nSPS) is 17.1. The number of carboxylic acid groups (broad SMARTS) is 1. The van der Waals surface area contributed by atoms with Gasteiger partial charge in [0.1, 0.15) is 0 Å². The molecule has 1 heterocycles. The van der Waals surface area contributed by atoms with Gasteiger partial charge < -0.3 is 9.84 Å². The first kappa shape index (κ1) is 14.8. The molecule has 0 unspecified atom stereocenters. The molecular formula is C13H14F3NO3. The highest BCUT2D eigenvalue weighted by Gasteiger charge is 2.32. The molecule has 0 saturated carbocycles. The molecule has 2 rings (SSSR count). The van der Waals surface area contributed by atoms with Crippen molar-refractivity contribution in [2.45, 2.75) is 12.7 Å². The summed E-state index contributed by atoms with van der Waals surface area (Å²) in [5.74, 6) is -1.35. The van der Waals surface area contributed by atoms with E-state index in [0.29, 0.717) is 44.5 Å². The summed E-state index contributed by atoms with van der Waals surface area (Å²) in [7, 11) is 0. The second-order valence-electron chi connectivity index (χ2n) is 4.56. The monoisotopic (exact) mass is 289 g/mol. The maximum atomic E-state index is 12.6. The number of hydrogen-bond donors (Lipinski definition) is 1. The van der Waals surface area contributed by atoms with Gasteiger partial charge >= 0.3 is 12.1 Å². The number of alkyl halides is 3. The number of halogens is 3. The fourth-order valence-electron chi connectivity index (χ4n) is 2.09. The van der Waals surface area contributed by atoms with Crippen LogP contribution in [0.1, 0.15) is 21.5 Å². The zero-order chi connectivity index (χ0) is 14.8. The van der Waals surface area contributed by atoms with Crippen LogP contribution in [0.5, 0.6) is 0 Å². The second-order valence-corrected chi connectivity index (χ2v) is 4.56. The summed E-state index contributed by atoms with van der Waals surface area (Å²) in [4.78, 5) is 13.1. The lowest BCUT2D eigenvalue weighted by molar-refractivity contribution is -0.137. The third-order valence-corrected chi connectivity index (χ3v) is 3.17. The zero-order valence-electron chi connectivity index (χ0n) is 10.6. The van der Waals surface area contributed by atoms with E-state index in [9.17, 15) is 18.0 Å². The van der Waals surface area contributed by atoms with E-state index < -0.39 is 17.7 Å². The fraction of sp³-hybridized carbons (Fsp3) is 0.462. The minimum atomic E-state index is -4.54. The Hall–Kier alpha value is -1.60. The molecule has 0 radical (unpaired) electrons. The van der Waals surface area contributed by atoms with Crippen molar-refractivity contribution in [3.8, 4) is 0 Å². The first-order valence-electron chi connectivity index (χ1n) is 6.11. The number of benzene rings is 1. The predicted octanol–water partition coefficient (Wildman–Crippen LogP) is 2.24. The molecule has 1 aromatic carbocycles. The quantitative estimate of drug-likeness (QED) is 0.927. The highest BCUT2D eigenvalue weighted by molar-refractivity contribution is 5.89. The topological polar surface area (TPSA) is 49.8 Å². The Morgan fingerprint density at radius 1 is 1.30 bits per heavy atom. The minimum absolute atomic E-state index is 0.300. The Bertz CT molecular complexity index is 496. The Labute approximate surface area is 113 Å². The highest BCUT2D eigenvalue weighted by atomic mass is 19.4. The molecule has 4 nitrogen and oxygen atoms in total. The van der Waals surface area contributed by atoms with Crippen LogP contribution in [0.25, 0.3) is 0 Å². The van der Waals surface area contributed by atoms with E-state index in [1.807, 2.05) is 4.90 Å². The van der Waals surface area contributed by atoms with Gasteiger partial charge in [0.05, 0.1) is 24.3 Å². The van der Waals surface area contributed by atoms with Gasteiger partial charge in [-0.1, -0.05) is 6.07 Å². The maximum Gasteiger partial charge on any atom is 0.416 e. The number of rotatable bonds is 3. The van der Waals surface area contributed by atoms with Crippen LogP contribution in [0.2, 0.25) is 0 Å². The molecule has 0 bridgehead atoms. The Balaban J connectivity index is 2.25. The van der Waals surface area contributed by atoms with Gasteiger partial charge in [-0.15, -0.1) is 0 Å². The van der Waals surface area contributed by atoms with Crippen molar-refractivity contribution in [1.29, 1.82) is 0 Å². The van der Waals surface area contributed by atoms with Crippen LogP contribution < -0.4 is 0 Å². The van der Waals surface area contributed by atoms with E-state index in [1.54, 1.807) is 0 Å².